The van der Waals surface area contributed by atoms with E-state index >= 15 is 0 Å². The number of nitrogens with zero attached hydrogens (tertiary/aromatic N) is 1. The van der Waals surface area contributed by atoms with E-state index in [9.17, 15) is 18.0 Å². The Labute approximate surface area is 183 Å². The first-order valence-corrected chi connectivity index (χ1v) is 11.9. The number of sulfonamides is 1. The molecule has 31 heavy (non-hydrogen) atoms. The molecule has 8 heteroatoms. The lowest BCUT2D eigenvalue weighted by atomic mass is 9.98. The highest BCUT2D eigenvalue weighted by Gasteiger charge is 2.25. The molecule has 0 radical (unpaired) electrons. The fraction of sp³-hybridized carbons (Fsp3) is 0.391. The van der Waals surface area contributed by atoms with Crippen LogP contribution in [0.3, 0.4) is 0 Å². The molecule has 0 spiro atoms. The minimum absolute atomic E-state index is 0.00819. The predicted molar refractivity (Wildman–Crippen MR) is 118 cm³/mol. The van der Waals surface area contributed by atoms with Crippen molar-refractivity contribution < 1.29 is 22.7 Å². The maximum atomic E-state index is 12.7. The highest BCUT2D eigenvalue weighted by Crippen LogP contribution is 2.22. The second kappa shape index (κ2) is 10.5. The lowest BCUT2D eigenvalue weighted by molar-refractivity contribution is -0.147. The van der Waals surface area contributed by atoms with Gasteiger partial charge >= 0.3 is 5.97 Å². The molecule has 0 aliphatic carbocycles. The molecule has 1 fully saturated rings. The van der Waals surface area contributed by atoms with E-state index in [1.54, 1.807) is 0 Å². The van der Waals surface area contributed by atoms with E-state index in [-0.39, 0.29) is 17.2 Å². The largest absolute Gasteiger partial charge is 0.456 e. The van der Waals surface area contributed by atoms with Crippen molar-refractivity contribution in [2.45, 2.75) is 43.4 Å². The van der Waals surface area contributed by atoms with Gasteiger partial charge in [-0.3, -0.25) is 9.59 Å². The van der Waals surface area contributed by atoms with Crippen molar-refractivity contribution in [1.82, 2.24) is 4.31 Å². The number of esters is 1. The van der Waals surface area contributed by atoms with Crippen LogP contribution < -0.4 is 5.32 Å². The lowest BCUT2D eigenvalue weighted by Gasteiger charge is -2.25. The molecule has 1 heterocycles. The van der Waals surface area contributed by atoms with E-state index in [4.69, 9.17) is 4.74 Å². The smallest absolute Gasteiger partial charge is 0.306 e. The van der Waals surface area contributed by atoms with Crippen LogP contribution >= 0.6 is 0 Å². The molecule has 1 saturated heterocycles. The number of piperidine rings is 1. The maximum Gasteiger partial charge on any atom is 0.306 e. The molecular weight excluding hydrogens is 416 g/mol. The Morgan fingerprint density at radius 1 is 1.00 bits per heavy atom. The number of hydrogen-bond donors (Lipinski definition) is 1. The van der Waals surface area contributed by atoms with E-state index in [0.717, 1.165) is 24.8 Å². The third-order valence-electron chi connectivity index (χ3n) is 5.30. The first-order chi connectivity index (χ1) is 14.9. The Hall–Kier alpha value is -2.71. The fourth-order valence-electron chi connectivity index (χ4n) is 3.52. The van der Waals surface area contributed by atoms with Crippen LogP contribution in [0, 0.1) is 0 Å². The van der Waals surface area contributed by atoms with Crippen molar-refractivity contribution in [3.05, 3.63) is 60.2 Å². The highest BCUT2D eigenvalue weighted by atomic mass is 32.2. The number of anilines is 1. The standard InChI is InChI=1S/C23H28N2O5S/c1-18(19-8-4-2-5-9-19)16-23(27)30-17-22(26)24-20-10-12-21(13-11-20)31(28,29)25-14-6-3-7-15-25/h2,4-5,8-13,18H,3,6-7,14-17H2,1H3,(H,24,26). The van der Waals surface area contributed by atoms with Crippen molar-refractivity contribution >= 4 is 27.6 Å². The van der Waals surface area contributed by atoms with Crippen molar-refractivity contribution in [1.29, 1.82) is 0 Å². The fourth-order valence-corrected chi connectivity index (χ4v) is 5.03. The number of ether oxygens (including phenoxy) is 1. The summed E-state index contributed by atoms with van der Waals surface area (Å²) >= 11 is 0. The van der Waals surface area contributed by atoms with E-state index in [0.29, 0.717) is 18.8 Å². The SMILES string of the molecule is CC(CC(=O)OCC(=O)Nc1ccc(S(=O)(=O)N2CCCCC2)cc1)c1ccccc1. The minimum atomic E-state index is -3.51. The number of carbonyl (C=O) groups is 2. The first-order valence-electron chi connectivity index (χ1n) is 10.5. The monoisotopic (exact) mass is 444 g/mol. The van der Waals surface area contributed by atoms with Crippen LogP contribution in [0.5, 0.6) is 0 Å². The normalized spacial score (nSPS) is 15.8. The van der Waals surface area contributed by atoms with Crippen LogP contribution in [0.2, 0.25) is 0 Å². The van der Waals surface area contributed by atoms with Crippen molar-refractivity contribution in [3.8, 4) is 0 Å². The summed E-state index contributed by atoms with van der Waals surface area (Å²) in [6.07, 6.45) is 2.97. The van der Waals surface area contributed by atoms with Crippen LogP contribution in [-0.2, 0) is 24.3 Å². The Kier molecular flexibility index (Phi) is 7.81. The molecule has 1 aliphatic rings. The molecule has 2 aromatic rings. The molecule has 7 nitrogen and oxygen atoms in total. The van der Waals surface area contributed by atoms with Crippen molar-refractivity contribution in [3.63, 3.8) is 0 Å². The van der Waals surface area contributed by atoms with Gasteiger partial charge in [0.1, 0.15) is 0 Å². The summed E-state index contributed by atoms with van der Waals surface area (Å²) in [6, 6.07) is 15.7. The molecule has 2 aromatic carbocycles. The van der Waals surface area contributed by atoms with Gasteiger partial charge in [0.05, 0.1) is 11.3 Å². The molecule has 1 unspecified atom stereocenters. The van der Waals surface area contributed by atoms with Gasteiger partial charge in [0.25, 0.3) is 5.91 Å². The molecule has 1 amide bonds. The van der Waals surface area contributed by atoms with Crippen LogP contribution in [0.1, 0.15) is 44.1 Å². The summed E-state index contributed by atoms with van der Waals surface area (Å²) < 4.78 is 31.9. The molecular formula is C23H28N2O5S. The van der Waals surface area contributed by atoms with E-state index in [2.05, 4.69) is 5.32 Å². The average molecular weight is 445 g/mol. The number of carbonyl (C=O) groups excluding carboxylic acids is 2. The minimum Gasteiger partial charge on any atom is -0.456 e. The van der Waals surface area contributed by atoms with E-state index in [1.807, 2.05) is 37.3 Å². The molecule has 0 saturated carbocycles. The van der Waals surface area contributed by atoms with E-state index in [1.165, 1.54) is 28.6 Å². The zero-order valence-corrected chi connectivity index (χ0v) is 18.4. The molecule has 3 rings (SSSR count). The molecule has 1 atom stereocenters. The molecule has 1 aliphatic heterocycles. The average Bonchev–Trinajstić information content (AvgIpc) is 2.79. The van der Waals surface area contributed by atoms with Gasteiger partial charge < -0.3 is 10.1 Å². The predicted octanol–water partition coefficient (Wildman–Crippen LogP) is 3.54. The Morgan fingerprint density at radius 3 is 2.29 bits per heavy atom. The zero-order valence-electron chi connectivity index (χ0n) is 17.6. The van der Waals surface area contributed by atoms with Crippen molar-refractivity contribution in [2.24, 2.45) is 0 Å². The molecule has 0 aromatic heterocycles. The second-order valence-corrected chi connectivity index (χ2v) is 9.65. The quantitative estimate of drug-likeness (QED) is 0.629. The first kappa shape index (κ1) is 23.0. The van der Waals surface area contributed by atoms with Gasteiger partial charge in [0.2, 0.25) is 10.0 Å². The van der Waals surface area contributed by atoms with Crippen molar-refractivity contribution in [2.75, 3.05) is 25.0 Å². The summed E-state index contributed by atoms with van der Waals surface area (Å²) in [5.74, 6) is -0.937. The van der Waals surface area contributed by atoms with Crippen LogP contribution in [0.25, 0.3) is 0 Å². The van der Waals surface area contributed by atoms with Gasteiger partial charge in [-0.05, 0) is 48.6 Å². The van der Waals surface area contributed by atoms with Crippen LogP contribution in [-0.4, -0.2) is 44.3 Å². The van der Waals surface area contributed by atoms with Gasteiger partial charge in [0.15, 0.2) is 6.61 Å². The summed E-state index contributed by atoms with van der Waals surface area (Å²) in [5, 5.41) is 2.62. The Balaban J connectivity index is 1.47. The molecule has 166 valence electrons. The highest BCUT2D eigenvalue weighted by molar-refractivity contribution is 7.89. The number of amides is 1. The number of rotatable bonds is 8. The van der Waals surface area contributed by atoms with E-state index < -0.39 is 28.5 Å². The van der Waals surface area contributed by atoms with Gasteiger partial charge in [-0.1, -0.05) is 43.7 Å². The van der Waals surface area contributed by atoms with Gasteiger partial charge in [0, 0.05) is 18.8 Å². The lowest BCUT2D eigenvalue weighted by Crippen LogP contribution is -2.35. The summed E-state index contributed by atoms with van der Waals surface area (Å²) in [6.45, 7) is 2.61. The third kappa shape index (κ3) is 6.38. The topological polar surface area (TPSA) is 92.8 Å². The Bertz CT molecular complexity index is 984. The number of benzene rings is 2. The number of nitrogens with one attached hydrogen (secondary N) is 1. The zero-order chi connectivity index (χ0) is 22.3. The van der Waals surface area contributed by atoms with Crippen LogP contribution in [0.4, 0.5) is 5.69 Å². The molecule has 0 bridgehead atoms. The second-order valence-electron chi connectivity index (χ2n) is 7.71. The van der Waals surface area contributed by atoms with Gasteiger partial charge in [-0.15, -0.1) is 0 Å². The van der Waals surface area contributed by atoms with Crippen LogP contribution in [0.15, 0.2) is 59.5 Å². The number of hydrogen-bond acceptors (Lipinski definition) is 5. The Morgan fingerprint density at radius 2 is 1.65 bits per heavy atom. The third-order valence-corrected chi connectivity index (χ3v) is 7.21. The van der Waals surface area contributed by atoms with Gasteiger partial charge in [-0.2, -0.15) is 4.31 Å². The maximum absolute atomic E-state index is 12.7. The molecule has 1 N–H and O–H groups in total. The summed E-state index contributed by atoms with van der Waals surface area (Å²) in [5.41, 5.74) is 1.47. The van der Waals surface area contributed by atoms with Gasteiger partial charge in [-0.25, -0.2) is 8.42 Å². The summed E-state index contributed by atoms with van der Waals surface area (Å²) in [4.78, 5) is 24.3. The summed E-state index contributed by atoms with van der Waals surface area (Å²) in [7, 11) is -3.51.